The van der Waals surface area contributed by atoms with Gasteiger partial charge in [-0.15, -0.1) is 0 Å². The maximum Gasteiger partial charge on any atom is 0.307 e. The Morgan fingerprint density at radius 3 is 3.06 bits per heavy atom. The van der Waals surface area contributed by atoms with Crippen LogP contribution in [0.2, 0.25) is 0 Å². The highest BCUT2D eigenvalue weighted by molar-refractivity contribution is 5.77. The Balaban J connectivity index is 2.00. The van der Waals surface area contributed by atoms with Crippen LogP contribution in [0.25, 0.3) is 0 Å². The molecule has 1 saturated carbocycles. The lowest BCUT2D eigenvalue weighted by Gasteiger charge is -2.15. The average Bonchev–Trinajstić information content (AvgIpc) is 3.02. The molecule has 3 atom stereocenters. The van der Waals surface area contributed by atoms with Crippen LogP contribution in [0.4, 0.5) is 0 Å². The Labute approximate surface area is 92.1 Å². The summed E-state index contributed by atoms with van der Waals surface area (Å²) in [6, 6.07) is 7.25. The summed E-state index contributed by atoms with van der Waals surface area (Å²) < 4.78 is 5.49. The summed E-state index contributed by atoms with van der Waals surface area (Å²) >= 11 is 0. The van der Waals surface area contributed by atoms with Crippen molar-refractivity contribution < 1.29 is 14.6 Å². The van der Waals surface area contributed by atoms with Gasteiger partial charge >= 0.3 is 5.97 Å². The molecule has 1 fully saturated rings. The molecule has 0 bridgehead atoms. The summed E-state index contributed by atoms with van der Waals surface area (Å²) in [6.07, 6.45) is 0. The fraction of sp³-hybridized carbons (Fsp3) is 0.333. The summed E-state index contributed by atoms with van der Waals surface area (Å²) in [6.45, 7) is 0.448. The van der Waals surface area contributed by atoms with Crippen molar-refractivity contribution in [3.63, 3.8) is 0 Å². The molecule has 3 unspecified atom stereocenters. The quantitative estimate of drug-likeness (QED) is 0.767. The third-order valence-electron chi connectivity index (χ3n) is 3.39. The van der Waals surface area contributed by atoms with Crippen molar-refractivity contribution in [2.45, 2.75) is 5.92 Å². The summed E-state index contributed by atoms with van der Waals surface area (Å²) in [5.41, 5.74) is 1.48. The molecule has 0 amide bonds. The molecule has 0 aromatic heterocycles. The van der Waals surface area contributed by atoms with Crippen molar-refractivity contribution in [1.82, 2.24) is 0 Å². The van der Waals surface area contributed by atoms with Crippen molar-refractivity contribution >= 4 is 5.97 Å². The van der Waals surface area contributed by atoms with Crippen LogP contribution in [-0.4, -0.2) is 17.7 Å². The van der Waals surface area contributed by atoms with Crippen LogP contribution in [0.3, 0.4) is 0 Å². The fourth-order valence-electron chi connectivity index (χ4n) is 2.53. The van der Waals surface area contributed by atoms with E-state index in [1.165, 1.54) is 0 Å². The minimum absolute atomic E-state index is 0.0778. The number of carbonyl (C=O) groups is 1. The summed E-state index contributed by atoms with van der Waals surface area (Å²) in [4.78, 5) is 11.0. The first-order valence-corrected chi connectivity index (χ1v) is 5.12. The third-order valence-corrected chi connectivity index (χ3v) is 3.39. The highest BCUT2D eigenvalue weighted by atomic mass is 16.5. The Morgan fingerprint density at radius 2 is 2.38 bits per heavy atom. The van der Waals surface area contributed by atoms with E-state index in [-0.39, 0.29) is 17.8 Å². The Bertz CT molecular complexity index is 517. The normalized spacial score (nSPS) is 29.3. The van der Waals surface area contributed by atoms with E-state index in [0.29, 0.717) is 17.9 Å². The SMILES string of the molecule is N#Cc1ccc2c(c1)OCC1C(C(=O)O)C21. The number of carboxylic acids is 1. The Morgan fingerprint density at radius 1 is 1.56 bits per heavy atom. The molecule has 1 aromatic rings. The molecular weight excluding hydrogens is 206 g/mol. The monoisotopic (exact) mass is 215 g/mol. The second-order valence-electron chi connectivity index (χ2n) is 4.23. The van der Waals surface area contributed by atoms with Crippen LogP contribution < -0.4 is 4.74 Å². The van der Waals surface area contributed by atoms with Crippen LogP contribution in [0.15, 0.2) is 18.2 Å². The van der Waals surface area contributed by atoms with E-state index in [1.807, 2.05) is 12.1 Å². The van der Waals surface area contributed by atoms with E-state index in [1.54, 1.807) is 12.1 Å². The number of hydrogen-bond donors (Lipinski definition) is 1. The molecule has 0 saturated heterocycles. The molecule has 1 heterocycles. The Hall–Kier alpha value is -2.02. The lowest BCUT2D eigenvalue weighted by molar-refractivity contribution is -0.139. The van der Waals surface area contributed by atoms with Crippen LogP contribution in [0.5, 0.6) is 5.75 Å². The summed E-state index contributed by atoms with van der Waals surface area (Å²) in [7, 11) is 0. The molecule has 1 aromatic carbocycles. The average molecular weight is 215 g/mol. The topological polar surface area (TPSA) is 70.3 Å². The highest BCUT2D eigenvalue weighted by Gasteiger charge is 2.58. The van der Waals surface area contributed by atoms with E-state index < -0.39 is 5.97 Å². The molecule has 1 aliphatic carbocycles. The van der Waals surface area contributed by atoms with Gasteiger partial charge in [-0.3, -0.25) is 4.79 Å². The molecule has 80 valence electrons. The van der Waals surface area contributed by atoms with Crippen LogP contribution in [0.1, 0.15) is 17.0 Å². The van der Waals surface area contributed by atoms with Gasteiger partial charge in [-0.05, 0) is 17.7 Å². The van der Waals surface area contributed by atoms with Gasteiger partial charge in [0, 0.05) is 11.8 Å². The van der Waals surface area contributed by atoms with Crippen LogP contribution in [0, 0.1) is 23.2 Å². The highest BCUT2D eigenvalue weighted by Crippen LogP contribution is 2.59. The molecule has 1 N–H and O–H groups in total. The third kappa shape index (κ3) is 1.12. The number of hydrogen-bond acceptors (Lipinski definition) is 3. The van der Waals surface area contributed by atoms with Crippen LogP contribution in [-0.2, 0) is 4.79 Å². The van der Waals surface area contributed by atoms with Gasteiger partial charge in [-0.1, -0.05) is 6.07 Å². The van der Waals surface area contributed by atoms with Crippen molar-refractivity contribution in [3.8, 4) is 11.8 Å². The van der Waals surface area contributed by atoms with Gasteiger partial charge in [0.2, 0.25) is 0 Å². The van der Waals surface area contributed by atoms with Gasteiger partial charge in [0.05, 0.1) is 24.2 Å². The zero-order valence-electron chi connectivity index (χ0n) is 8.38. The minimum atomic E-state index is -0.754. The number of fused-ring (bicyclic) bond motifs is 3. The lowest BCUT2D eigenvalue weighted by Crippen LogP contribution is -2.09. The van der Waals surface area contributed by atoms with Crippen molar-refractivity contribution in [2.75, 3.05) is 6.61 Å². The summed E-state index contributed by atoms with van der Waals surface area (Å²) in [5.74, 6) is -0.207. The van der Waals surface area contributed by atoms with E-state index in [9.17, 15) is 4.79 Å². The van der Waals surface area contributed by atoms with Gasteiger partial charge in [-0.25, -0.2) is 0 Å². The molecule has 4 nitrogen and oxygen atoms in total. The maximum atomic E-state index is 11.0. The van der Waals surface area contributed by atoms with E-state index >= 15 is 0 Å². The molecule has 3 rings (SSSR count). The Kier molecular flexibility index (Phi) is 1.72. The molecule has 0 radical (unpaired) electrons. The maximum absolute atomic E-state index is 11.0. The fourth-order valence-corrected chi connectivity index (χ4v) is 2.53. The second-order valence-corrected chi connectivity index (χ2v) is 4.23. The van der Waals surface area contributed by atoms with Gasteiger partial charge < -0.3 is 9.84 Å². The number of carboxylic acid groups (broad SMARTS) is 1. The molecule has 4 heteroatoms. The number of rotatable bonds is 1. The number of aliphatic carboxylic acids is 1. The molecule has 1 aliphatic heterocycles. The van der Waals surface area contributed by atoms with Crippen molar-refractivity contribution in [3.05, 3.63) is 29.3 Å². The molecule has 0 spiro atoms. The van der Waals surface area contributed by atoms with E-state index in [4.69, 9.17) is 15.1 Å². The zero-order valence-corrected chi connectivity index (χ0v) is 8.38. The predicted molar refractivity (Wildman–Crippen MR) is 54.0 cm³/mol. The van der Waals surface area contributed by atoms with Gasteiger partial charge in [0.25, 0.3) is 0 Å². The smallest absolute Gasteiger partial charge is 0.307 e. The van der Waals surface area contributed by atoms with Gasteiger partial charge in [-0.2, -0.15) is 5.26 Å². The largest absolute Gasteiger partial charge is 0.493 e. The van der Waals surface area contributed by atoms with Crippen molar-refractivity contribution in [2.24, 2.45) is 11.8 Å². The first kappa shape index (κ1) is 9.22. The van der Waals surface area contributed by atoms with Gasteiger partial charge in [0.1, 0.15) is 5.75 Å². The molecule has 2 aliphatic rings. The van der Waals surface area contributed by atoms with E-state index in [2.05, 4.69) is 0 Å². The number of ether oxygens (including phenoxy) is 1. The summed E-state index contributed by atoms with van der Waals surface area (Å²) in [5, 5.41) is 17.8. The van der Waals surface area contributed by atoms with Gasteiger partial charge in [0.15, 0.2) is 0 Å². The predicted octanol–water partition coefficient (Wildman–Crippen LogP) is 1.36. The number of nitrogens with zero attached hydrogens (tertiary/aromatic N) is 1. The zero-order chi connectivity index (χ0) is 11.3. The first-order valence-electron chi connectivity index (χ1n) is 5.12. The van der Waals surface area contributed by atoms with Crippen LogP contribution >= 0.6 is 0 Å². The molecule has 16 heavy (non-hydrogen) atoms. The first-order chi connectivity index (χ1) is 7.72. The number of benzene rings is 1. The van der Waals surface area contributed by atoms with Crippen molar-refractivity contribution in [1.29, 1.82) is 5.26 Å². The van der Waals surface area contributed by atoms with E-state index in [0.717, 1.165) is 5.56 Å². The standard InChI is InChI=1S/C12H9NO3/c13-4-6-1-2-7-9(3-6)16-5-8-10(7)11(8)12(14)15/h1-3,8,10-11H,5H2,(H,14,15). The minimum Gasteiger partial charge on any atom is -0.493 e. The second kappa shape index (κ2) is 2.99. The number of nitriles is 1. The lowest BCUT2D eigenvalue weighted by atomic mass is 10.0. The molecular formula is C12H9NO3.